The van der Waals surface area contributed by atoms with Crippen LogP contribution in [-0.2, 0) is 4.79 Å². The number of hydrogen-bond acceptors (Lipinski definition) is 3. The van der Waals surface area contributed by atoms with Crippen LogP contribution >= 0.6 is 0 Å². The molecule has 1 N–H and O–H groups in total. The summed E-state index contributed by atoms with van der Waals surface area (Å²) in [4.78, 5) is 21.7. The molecule has 0 fully saturated rings. The summed E-state index contributed by atoms with van der Waals surface area (Å²) in [5.74, 6) is -1.11. The second kappa shape index (κ2) is 10.1. The van der Waals surface area contributed by atoms with Crippen LogP contribution in [0, 0.1) is 0 Å². The summed E-state index contributed by atoms with van der Waals surface area (Å²) in [5, 5.41) is 12.9. The fourth-order valence-corrected chi connectivity index (χ4v) is 1.46. The number of hydrogen-bond donors (Lipinski definition) is 1. The van der Waals surface area contributed by atoms with Gasteiger partial charge in [-0.15, -0.1) is 0 Å². The van der Waals surface area contributed by atoms with E-state index in [4.69, 9.17) is 0 Å². The van der Waals surface area contributed by atoms with Crippen LogP contribution < -0.4 is 40.0 Å². The predicted molar refractivity (Wildman–Crippen MR) is 62.3 cm³/mol. The molecule has 0 spiro atoms. The molecule has 0 saturated carbocycles. The van der Waals surface area contributed by atoms with Crippen molar-refractivity contribution >= 4 is 11.9 Å². The number of carboxylic acids is 1. The molecule has 1 aromatic carbocycles. The standard InChI is InChI=1S/C13H17NO3.Na/c15-12(16)9-5-2-6-10-14-13(17)11-7-3-1-4-8-11;/h1,3-4,7-8H,2,5-6,9-10H2,(H,14,17)(H,15,16);/q;+1/p-1. The maximum absolute atomic E-state index is 11.6. The Balaban J connectivity index is 0.00000289. The Labute approximate surface area is 129 Å². The molecular weight excluding hydrogens is 241 g/mol. The minimum atomic E-state index is -1.02. The Kier molecular flexibility index (Phi) is 9.64. The van der Waals surface area contributed by atoms with Gasteiger partial charge < -0.3 is 15.2 Å². The molecule has 1 rings (SSSR count). The predicted octanol–water partition coefficient (Wildman–Crippen LogP) is -2.27. The van der Waals surface area contributed by atoms with Crippen molar-refractivity contribution in [2.75, 3.05) is 6.54 Å². The molecule has 5 heteroatoms. The number of carboxylic acid groups (broad SMARTS) is 1. The maximum atomic E-state index is 11.6. The van der Waals surface area contributed by atoms with Gasteiger partial charge in [0, 0.05) is 18.1 Å². The fraction of sp³-hybridized carbons (Fsp3) is 0.385. The third-order valence-corrected chi connectivity index (χ3v) is 2.38. The Hall–Kier alpha value is -0.840. The minimum Gasteiger partial charge on any atom is -0.550 e. The molecule has 0 heterocycles. The topological polar surface area (TPSA) is 69.2 Å². The Morgan fingerprint density at radius 3 is 2.33 bits per heavy atom. The van der Waals surface area contributed by atoms with Gasteiger partial charge in [-0.25, -0.2) is 0 Å². The van der Waals surface area contributed by atoms with Gasteiger partial charge in [-0.05, 0) is 31.4 Å². The molecule has 0 aliphatic rings. The van der Waals surface area contributed by atoms with Crippen LogP contribution in [0.5, 0.6) is 0 Å². The normalized spacial score (nSPS) is 9.33. The van der Waals surface area contributed by atoms with Gasteiger partial charge in [0.2, 0.25) is 0 Å². The molecule has 0 radical (unpaired) electrons. The van der Waals surface area contributed by atoms with Crippen LogP contribution in [0.4, 0.5) is 0 Å². The summed E-state index contributed by atoms with van der Waals surface area (Å²) in [6.07, 6.45) is 2.26. The van der Waals surface area contributed by atoms with Gasteiger partial charge in [0.05, 0.1) is 0 Å². The average molecular weight is 257 g/mol. The van der Waals surface area contributed by atoms with Crippen molar-refractivity contribution in [1.82, 2.24) is 5.32 Å². The number of nitrogens with one attached hydrogen (secondary N) is 1. The van der Waals surface area contributed by atoms with Gasteiger partial charge in [0.25, 0.3) is 5.91 Å². The number of carbonyl (C=O) groups is 2. The number of carbonyl (C=O) groups excluding carboxylic acids is 2. The summed E-state index contributed by atoms with van der Waals surface area (Å²) < 4.78 is 0. The first-order valence-electron chi connectivity index (χ1n) is 5.73. The Bertz CT molecular complexity index is 368. The monoisotopic (exact) mass is 257 g/mol. The zero-order chi connectivity index (χ0) is 12.5. The first kappa shape index (κ1) is 17.2. The Morgan fingerprint density at radius 2 is 1.72 bits per heavy atom. The zero-order valence-corrected chi connectivity index (χ0v) is 12.6. The van der Waals surface area contributed by atoms with Crippen molar-refractivity contribution in [2.45, 2.75) is 25.7 Å². The van der Waals surface area contributed by atoms with E-state index in [9.17, 15) is 14.7 Å². The minimum absolute atomic E-state index is 0. The summed E-state index contributed by atoms with van der Waals surface area (Å²) in [7, 11) is 0. The van der Waals surface area contributed by atoms with Crippen LogP contribution in [0.3, 0.4) is 0 Å². The number of rotatable bonds is 7. The smallest absolute Gasteiger partial charge is 0.550 e. The largest absolute Gasteiger partial charge is 1.00 e. The van der Waals surface area contributed by atoms with Crippen LogP contribution in [0.25, 0.3) is 0 Å². The number of unbranched alkanes of at least 4 members (excludes halogenated alkanes) is 2. The number of amides is 1. The molecule has 0 saturated heterocycles. The SMILES string of the molecule is O=C([O-])CCCCCNC(=O)c1ccccc1.[Na+]. The van der Waals surface area contributed by atoms with E-state index in [1.165, 1.54) is 0 Å². The first-order valence-corrected chi connectivity index (χ1v) is 5.73. The molecule has 0 aromatic heterocycles. The third kappa shape index (κ3) is 7.48. The molecule has 18 heavy (non-hydrogen) atoms. The summed E-state index contributed by atoms with van der Waals surface area (Å²) in [6, 6.07) is 9.00. The number of aliphatic carboxylic acids is 1. The van der Waals surface area contributed by atoms with Gasteiger partial charge in [-0.2, -0.15) is 0 Å². The summed E-state index contributed by atoms with van der Waals surface area (Å²) >= 11 is 0. The van der Waals surface area contributed by atoms with Crippen molar-refractivity contribution < 1.29 is 44.3 Å². The first-order chi connectivity index (χ1) is 8.20. The van der Waals surface area contributed by atoms with E-state index in [2.05, 4.69) is 5.32 Å². The van der Waals surface area contributed by atoms with Crippen LogP contribution in [0.2, 0.25) is 0 Å². The van der Waals surface area contributed by atoms with E-state index >= 15 is 0 Å². The van der Waals surface area contributed by atoms with Crippen LogP contribution in [-0.4, -0.2) is 18.4 Å². The second-order valence-electron chi connectivity index (χ2n) is 3.80. The molecule has 4 nitrogen and oxygen atoms in total. The molecule has 0 bridgehead atoms. The fourth-order valence-electron chi connectivity index (χ4n) is 1.46. The van der Waals surface area contributed by atoms with E-state index in [1.54, 1.807) is 12.1 Å². The van der Waals surface area contributed by atoms with Gasteiger partial charge in [-0.1, -0.05) is 24.6 Å². The average Bonchev–Trinajstić information content (AvgIpc) is 2.34. The zero-order valence-electron chi connectivity index (χ0n) is 10.6. The summed E-state index contributed by atoms with van der Waals surface area (Å²) in [6.45, 7) is 0.570. The van der Waals surface area contributed by atoms with E-state index < -0.39 is 5.97 Å². The Morgan fingerprint density at radius 1 is 1.06 bits per heavy atom. The summed E-state index contributed by atoms with van der Waals surface area (Å²) in [5.41, 5.74) is 0.641. The molecule has 0 aliphatic carbocycles. The van der Waals surface area contributed by atoms with Crippen LogP contribution in [0.1, 0.15) is 36.0 Å². The van der Waals surface area contributed by atoms with Crippen molar-refractivity contribution in [3.05, 3.63) is 35.9 Å². The van der Waals surface area contributed by atoms with Crippen molar-refractivity contribution in [3.8, 4) is 0 Å². The van der Waals surface area contributed by atoms with Gasteiger partial charge in [-0.3, -0.25) is 4.79 Å². The van der Waals surface area contributed by atoms with Crippen molar-refractivity contribution in [2.24, 2.45) is 0 Å². The molecule has 0 atom stereocenters. The van der Waals surface area contributed by atoms with Crippen molar-refractivity contribution in [3.63, 3.8) is 0 Å². The van der Waals surface area contributed by atoms with E-state index in [-0.39, 0.29) is 41.9 Å². The van der Waals surface area contributed by atoms with Crippen LogP contribution in [0.15, 0.2) is 30.3 Å². The van der Waals surface area contributed by atoms with E-state index in [0.29, 0.717) is 18.5 Å². The second-order valence-corrected chi connectivity index (χ2v) is 3.80. The number of benzene rings is 1. The van der Waals surface area contributed by atoms with Gasteiger partial charge in [0.1, 0.15) is 0 Å². The molecule has 1 amide bonds. The molecule has 1 aromatic rings. The molecule has 0 unspecified atom stereocenters. The quantitative estimate of drug-likeness (QED) is 0.442. The van der Waals surface area contributed by atoms with Gasteiger partial charge in [0.15, 0.2) is 0 Å². The maximum Gasteiger partial charge on any atom is 1.00 e. The third-order valence-electron chi connectivity index (χ3n) is 2.38. The molecule has 0 aliphatic heterocycles. The van der Waals surface area contributed by atoms with E-state index in [1.807, 2.05) is 18.2 Å². The van der Waals surface area contributed by atoms with Crippen molar-refractivity contribution in [1.29, 1.82) is 0 Å². The van der Waals surface area contributed by atoms with E-state index in [0.717, 1.165) is 12.8 Å². The van der Waals surface area contributed by atoms with Gasteiger partial charge >= 0.3 is 29.6 Å². The molecular formula is C13H16NNaO3. The molecule has 92 valence electrons.